The summed E-state index contributed by atoms with van der Waals surface area (Å²) < 4.78 is 0. The fraction of sp³-hybridized carbons (Fsp3) is 0.786. The van der Waals surface area contributed by atoms with Gasteiger partial charge in [0.05, 0.1) is 17.8 Å². The van der Waals surface area contributed by atoms with Crippen molar-refractivity contribution in [3.63, 3.8) is 0 Å². The Morgan fingerprint density at radius 1 is 1.23 bits per heavy atom. The molecule has 4 rings (SSSR count). The highest BCUT2D eigenvalue weighted by atomic mass is 16.3. The molecule has 0 aromatic carbocycles. The summed E-state index contributed by atoms with van der Waals surface area (Å²) in [6.07, 6.45) is 14.1. The van der Waals surface area contributed by atoms with Crippen LogP contribution in [0.2, 0.25) is 0 Å². The summed E-state index contributed by atoms with van der Waals surface area (Å²) >= 11 is 0. The molecule has 0 radical (unpaired) electrons. The summed E-state index contributed by atoms with van der Waals surface area (Å²) in [6, 6.07) is 0. The van der Waals surface area contributed by atoms with E-state index in [0.29, 0.717) is 29.6 Å². The van der Waals surface area contributed by atoms with Gasteiger partial charge in [0, 0.05) is 11.8 Å². The van der Waals surface area contributed by atoms with Crippen LogP contribution in [-0.2, 0) is 0 Å². The van der Waals surface area contributed by atoms with E-state index < -0.39 is 17.8 Å². The predicted molar refractivity (Wildman–Crippen MR) is 126 cm³/mol. The summed E-state index contributed by atoms with van der Waals surface area (Å²) in [6.45, 7) is 13.0. The third-order valence-electron chi connectivity index (χ3n) is 9.58. The molecule has 174 valence electrons. The van der Waals surface area contributed by atoms with Gasteiger partial charge in [-0.05, 0) is 93.1 Å². The van der Waals surface area contributed by atoms with E-state index in [1.54, 1.807) is 5.57 Å². The molecule has 0 aromatic rings. The molecule has 0 saturated heterocycles. The SMILES string of the molecule is C=C1C(=CC=C2CCC[C@]3(C)[C@@H](C(C)CCCC(C)(C)O)CC4CC243)CC(O)C[C@@H]1O. The molecule has 31 heavy (non-hydrogen) atoms. The van der Waals surface area contributed by atoms with Gasteiger partial charge in [-0.3, -0.25) is 0 Å². The van der Waals surface area contributed by atoms with Crippen molar-refractivity contribution in [2.75, 3.05) is 0 Å². The van der Waals surface area contributed by atoms with Gasteiger partial charge in [-0.1, -0.05) is 51.0 Å². The van der Waals surface area contributed by atoms with Gasteiger partial charge in [0.1, 0.15) is 0 Å². The van der Waals surface area contributed by atoms with Crippen LogP contribution in [0.3, 0.4) is 0 Å². The predicted octanol–water partition coefficient (Wildman–Crippen LogP) is 5.70. The van der Waals surface area contributed by atoms with Gasteiger partial charge in [-0.25, -0.2) is 0 Å². The molecule has 0 bridgehead atoms. The molecule has 0 aliphatic heterocycles. The number of rotatable bonds is 6. The maximum Gasteiger partial charge on any atom is 0.0811 e. The summed E-state index contributed by atoms with van der Waals surface area (Å²) in [5.74, 6) is 2.31. The Morgan fingerprint density at radius 2 is 1.97 bits per heavy atom. The molecule has 4 aliphatic carbocycles. The molecule has 1 spiro atoms. The molecular formula is C28H44O3. The number of allylic oxidation sites excluding steroid dienone is 3. The molecular weight excluding hydrogens is 384 g/mol. The fourth-order valence-electron chi connectivity index (χ4n) is 7.86. The Kier molecular flexibility index (Phi) is 6.12. The number of hydrogen-bond acceptors (Lipinski definition) is 3. The average Bonchev–Trinajstić information content (AvgIpc) is 3.32. The first kappa shape index (κ1) is 23.3. The van der Waals surface area contributed by atoms with Gasteiger partial charge >= 0.3 is 0 Å². The van der Waals surface area contributed by atoms with Gasteiger partial charge in [-0.15, -0.1) is 0 Å². The maximum atomic E-state index is 10.2. The van der Waals surface area contributed by atoms with Crippen LogP contribution in [0.25, 0.3) is 0 Å². The van der Waals surface area contributed by atoms with E-state index in [1.807, 2.05) is 13.8 Å². The van der Waals surface area contributed by atoms with Crippen LogP contribution in [0.4, 0.5) is 0 Å². The van der Waals surface area contributed by atoms with Gasteiger partial charge in [0.15, 0.2) is 0 Å². The molecule has 4 saturated carbocycles. The van der Waals surface area contributed by atoms with Gasteiger partial charge < -0.3 is 15.3 Å². The third kappa shape index (κ3) is 4.11. The summed E-state index contributed by atoms with van der Waals surface area (Å²) in [5, 5.41) is 30.4. The first-order valence-corrected chi connectivity index (χ1v) is 12.7. The minimum atomic E-state index is -0.613. The highest BCUT2D eigenvalue weighted by Crippen LogP contribution is 2.81. The van der Waals surface area contributed by atoms with Crippen molar-refractivity contribution < 1.29 is 15.3 Å². The van der Waals surface area contributed by atoms with Gasteiger partial charge in [-0.2, -0.15) is 0 Å². The van der Waals surface area contributed by atoms with Crippen molar-refractivity contribution in [1.29, 1.82) is 0 Å². The Bertz CT molecular complexity index is 772. The number of aliphatic hydroxyl groups is 3. The van der Waals surface area contributed by atoms with Crippen LogP contribution in [0.5, 0.6) is 0 Å². The van der Waals surface area contributed by atoms with Crippen molar-refractivity contribution in [3.05, 3.63) is 35.5 Å². The number of aliphatic hydroxyl groups excluding tert-OH is 2. The summed E-state index contributed by atoms with van der Waals surface area (Å²) in [4.78, 5) is 0. The molecule has 0 amide bonds. The van der Waals surface area contributed by atoms with Crippen molar-refractivity contribution >= 4 is 0 Å². The maximum absolute atomic E-state index is 10.2. The standard InChI is InChI=1S/C28H44O3/c1-18(8-6-12-26(3,4)31)24-15-22-17-28(22)21(9-7-13-27(24,28)5)11-10-20-14-23(29)16-25(30)19(20)2/h10-11,18,22-25,29-31H,2,6-9,12-17H2,1,3-5H3/t18?,22?,23?,24-,25+,27-,28?/m1/s1. The first-order chi connectivity index (χ1) is 14.5. The minimum absolute atomic E-state index is 0.380. The van der Waals surface area contributed by atoms with Crippen LogP contribution in [0, 0.1) is 28.6 Å². The second kappa shape index (κ2) is 8.15. The highest BCUT2D eigenvalue weighted by Gasteiger charge is 2.73. The number of hydrogen-bond donors (Lipinski definition) is 3. The Morgan fingerprint density at radius 3 is 2.68 bits per heavy atom. The van der Waals surface area contributed by atoms with E-state index in [9.17, 15) is 15.3 Å². The molecule has 3 heteroatoms. The zero-order chi connectivity index (χ0) is 22.6. The zero-order valence-corrected chi connectivity index (χ0v) is 20.2. The topological polar surface area (TPSA) is 60.7 Å². The Labute approximate surface area is 189 Å². The average molecular weight is 429 g/mol. The van der Waals surface area contributed by atoms with E-state index in [0.717, 1.165) is 35.8 Å². The molecule has 7 atom stereocenters. The van der Waals surface area contributed by atoms with E-state index in [-0.39, 0.29) is 0 Å². The molecule has 3 nitrogen and oxygen atoms in total. The van der Waals surface area contributed by atoms with Crippen LogP contribution < -0.4 is 0 Å². The molecule has 4 unspecified atom stereocenters. The lowest BCUT2D eigenvalue weighted by molar-refractivity contribution is 0.0466. The van der Waals surface area contributed by atoms with Crippen molar-refractivity contribution in [2.24, 2.45) is 28.6 Å². The first-order valence-electron chi connectivity index (χ1n) is 12.7. The largest absolute Gasteiger partial charge is 0.393 e. The van der Waals surface area contributed by atoms with Crippen LogP contribution in [0.15, 0.2) is 35.5 Å². The van der Waals surface area contributed by atoms with Crippen LogP contribution >= 0.6 is 0 Å². The quantitative estimate of drug-likeness (QED) is 0.508. The van der Waals surface area contributed by atoms with Crippen LogP contribution in [0.1, 0.15) is 91.9 Å². The van der Waals surface area contributed by atoms with E-state index in [2.05, 4.69) is 32.6 Å². The van der Waals surface area contributed by atoms with E-state index in [1.165, 1.54) is 38.5 Å². The molecule has 3 N–H and O–H groups in total. The lowest BCUT2D eigenvalue weighted by Gasteiger charge is -2.48. The lowest BCUT2D eigenvalue weighted by atomic mass is 9.57. The van der Waals surface area contributed by atoms with Gasteiger partial charge in [0.2, 0.25) is 0 Å². The minimum Gasteiger partial charge on any atom is -0.393 e. The monoisotopic (exact) mass is 428 g/mol. The fourth-order valence-corrected chi connectivity index (χ4v) is 7.86. The van der Waals surface area contributed by atoms with Crippen molar-refractivity contribution in [1.82, 2.24) is 0 Å². The second-order valence-corrected chi connectivity index (χ2v) is 12.2. The Balaban J connectivity index is 1.51. The van der Waals surface area contributed by atoms with E-state index in [4.69, 9.17) is 0 Å². The van der Waals surface area contributed by atoms with Crippen molar-refractivity contribution in [2.45, 2.75) is 110 Å². The van der Waals surface area contributed by atoms with E-state index >= 15 is 0 Å². The van der Waals surface area contributed by atoms with Gasteiger partial charge in [0.25, 0.3) is 0 Å². The summed E-state index contributed by atoms with van der Waals surface area (Å²) in [5.41, 5.74) is 3.64. The smallest absolute Gasteiger partial charge is 0.0811 e. The molecule has 0 aromatic heterocycles. The zero-order valence-electron chi connectivity index (χ0n) is 20.2. The second-order valence-electron chi connectivity index (χ2n) is 12.2. The van der Waals surface area contributed by atoms with Crippen molar-refractivity contribution in [3.8, 4) is 0 Å². The normalized spacial score (nSPS) is 43.8. The third-order valence-corrected chi connectivity index (χ3v) is 9.58. The molecule has 4 fully saturated rings. The molecule has 0 heterocycles. The Hall–Kier alpha value is -0.900. The van der Waals surface area contributed by atoms with Crippen LogP contribution in [-0.4, -0.2) is 33.1 Å². The molecule has 4 aliphatic rings. The highest BCUT2D eigenvalue weighted by molar-refractivity contribution is 5.42. The summed E-state index contributed by atoms with van der Waals surface area (Å²) in [7, 11) is 0. The lowest BCUT2D eigenvalue weighted by Crippen LogP contribution is -2.40.